The fourth-order valence-corrected chi connectivity index (χ4v) is 2.78. The zero-order chi connectivity index (χ0) is 12.1. The predicted octanol–water partition coefficient (Wildman–Crippen LogP) is 3.82. The maximum Gasteiger partial charge on any atom is 0.000662 e. The Balaban J connectivity index is 1.99. The van der Waals surface area contributed by atoms with E-state index < -0.39 is 0 Å². The lowest BCUT2D eigenvalue weighted by atomic mass is 9.84. The molecule has 1 saturated carbocycles. The number of allylic oxidation sites excluding steroid dienone is 1. The molecule has 1 nitrogen and oxygen atoms in total. The third-order valence-corrected chi connectivity index (χ3v) is 3.45. The summed E-state index contributed by atoms with van der Waals surface area (Å²) >= 11 is 0. The third-order valence-electron chi connectivity index (χ3n) is 3.45. The van der Waals surface area contributed by atoms with E-state index in [2.05, 4.69) is 55.4 Å². The molecule has 0 aromatic heterocycles. The summed E-state index contributed by atoms with van der Waals surface area (Å²) in [7, 11) is 4.35. The number of nitrogens with zero attached hydrogens (tertiary/aromatic N) is 1. The molecule has 1 aliphatic rings. The molecule has 92 valence electrons. The Labute approximate surface area is 105 Å². The summed E-state index contributed by atoms with van der Waals surface area (Å²) in [6, 6.07) is 10.7. The number of hydrogen-bond acceptors (Lipinski definition) is 1. The predicted molar refractivity (Wildman–Crippen MR) is 74.9 cm³/mol. The number of hydrogen-bond donors (Lipinski definition) is 0. The van der Waals surface area contributed by atoms with Crippen LogP contribution in [0, 0.1) is 5.92 Å². The highest BCUT2D eigenvalue weighted by Gasteiger charge is 2.17. The highest BCUT2D eigenvalue weighted by molar-refractivity contribution is 5.52. The number of rotatable bonds is 3. The minimum atomic E-state index is 0.855. The molecule has 1 fully saturated rings. The normalized spacial score (nSPS) is 23.2. The van der Waals surface area contributed by atoms with Crippen LogP contribution in [0.4, 0.5) is 0 Å². The Bertz CT molecular complexity index is 364. The van der Waals surface area contributed by atoms with Gasteiger partial charge in [0.25, 0.3) is 0 Å². The van der Waals surface area contributed by atoms with Crippen LogP contribution in [0.3, 0.4) is 0 Å². The van der Waals surface area contributed by atoms with Crippen molar-refractivity contribution in [2.45, 2.75) is 25.7 Å². The molecule has 17 heavy (non-hydrogen) atoms. The second-order valence-corrected chi connectivity index (χ2v) is 5.44. The van der Waals surface area contributed by atoms with Crippen molar-refractivity contribution in [3.63, 3.8) is 0 Å². The summed E-state index contributed by atoms with van der Waals surface area (Å²) in [5.74, 6) is 0.855. The zero-order valence-corrected chi connectivity index (χ0v) is 11.0. The molecule has 1 aliphatic carbocycles. The molecule has 0 spiro atoms. The van der Waals surface area contributed by atoms with Gasteiger partial charge in [-0.25, -0.2) is 0 Å². The first-order valence-corrected chi connectivity index (χ1v) is 6.63. The average Bonchev–Trinajstić information content (AvgIpc) is 2.30. The minimum Gasteiger partial charge on any atom is -0.309 e. The third kappa shape index (κ3) is 4.01. The topological polar surface area (TPSA) is 3.24 Å². The van der Waals surface area contributed by atoms with E-state index in [4.69, 9.17) is 0 Å². The molecule has 1 atom stereocenters. The summed E-state index contributed by atoms with van der Waals surface area (Å²) < 4.78 is 0. The molecule has 2 rings (SSSR count). The molecule has 0 saturated heterocycles. The Hall–Kier alpha value is -1.08. The van der Waals surface area contributed by atoms with Crippen LogP contribution in [0.25, 0.3) is 6.08 Å². The van der Waals surface area contributed by atoms with Crippen LogP contribution in [-0.4, -0.2) is 25.5 Å². The van der Waals surface area contributed by atoms with E-state index in [9.17, 15) is 0 Å². The van der Waals surface area contributed by atoms with Crippen LogP contribution in [-0.2, 0) is 0 Å². The first kappa shape index (κ1) is 12.4. The van der Waals surface area contributed by atoms with Gasteiger partial charge in [0.1, 0.15) is 0 Å². The molecule has 0 radical (unpaired) electrons. The van der Waals surface area contributed by atoms with Crippen molar-refractivity contribution in [3.8, 4) is 0 Å². The molecule has 0 heterocycles. The fraction of sp³-hybridized carbons (Fsp3) is 0.500. The van der Waals surface area contributed by atoms with Crippen molar-refractivity contribution in [3.05, 3.63) is 41.5 Å². The van der Waals surface area contributed by atoms with Gasteiger partial charge in [0, 0.05) is 6.54 Å². The molecule has 1 heteroatoms. The lowest BCUT2D eigenvalue weighted by molar-refractivity contribution is 0.291. The Kier molecular flexibility index (Phi) is 4.38. The van der Waals surface area contributed by atoms with Crippen molar-refractivity contribution in [2.75, 3.05) is 20.6 Å². The molecule has 1 aromatic rings. The standard InChI is InChI=1S/C16H23N/c1-17(2)13-16-10-6-9-15(12-16)11-14-7-4-3-5-8-14/h3-5,7-8,11,16H,6,9-10,12-13H2,1-2H3. The van der Waals surface area contributed by atoms with Crippen LogP contribution in [0.15, 0.2) is 35.9 Å². The summed E-state index contributed by atoms with van der Waals surface area (Å²) in [5.41, 5.74) is 2.99. The molecule has 0 aliphatic heterocycles. The van der Waals surface area contributed by atoms with Crippen molar-refractivity contribution in [1.82, 2.24) is 4.90 Å². The van der Waals surface area contributed by atoms with Crippen LogP contribution >= 0.6 is 0 Å². The van der Waals surface area contributed by atoms with Gasteiger partial charge in [-0.15, -0.1) is 0 Å². The monoisotopic (exact) mass is 229 g/mol. The highest BCUT2D eigenvalue weighted by Crippen LogP contribution is 2.30. The van der Waals surface area contributed by atoms with E-state index >= 15 is 0 Å². The van der Waals surface area contributed by atoms with E-state index in [1.807, 2.05) is 0 Å². The Morgan fingerprint density at radius 3 is 2.71 bits per heavy atom. The van der Waals surface area contributed by atoms with Crippen LogP contribution in [0.1, 0.15) is 31.2 Å². The van der Waals surface area contributed by atoms with E-state index in [1.54, 1.807) is 5.57 Å². The second-order valence-electron chi connectivity index (χ2n) is 5.44. The lowest BCUT2D eigenvalue weighted by Gasteiger charge is -2.26. The molecular weight excluding hydrogens is 206 g/mol. The maximum absolute atomic E-state index is 2.39. The van der Waals surface area contributed by atoms with E-state index in [-0.39, 0.29) is 0 Å². The van der Waals surface area contributed by atoms with Crippen molar-refractivity contribution in [2.24, 2.45) is 5.92 Å². The maximum atomic E-state index is 2.39. The fourth-order valence-electron chi connectivity index (χ4n) is 2.78. The van der Waals surface area contributed by atoms with Gasteiger partial charge in [-0.3, -0.25) is 0 Å². The molecule has 1 unspecified atom stereocenters. The zero-order valence-electron chi connectivity index (χ0n) is 11.0. The average molecular weight is 229 g/mol. The van der Waals surface area contributed by atoms with Gasteiger partial charge in [-0.05, 0) is 51.3 Å². The van der Waals surface area contributed by atoms with Crippen molar-refractivity contribution >= 4 is 6.08 Å². The van der Waals surface area contributed by atoms with E-state index in [0.29, 0.717) is 0 Å². The highest BCUT2D eigenvalue weighted by atomic mass is 15.1. The van der Waals surface area contributed by atoms with E-state index in [0.717, 1.165) is 5.92 Å². The molecule has 1 aromatic carbocycles. The molecule has 0 amide bonds. The molecular formula is C16H23N. The second kappa shape index (κ2) is 6.02. The van der Waals surface area contributed by atoms with Gasteiger partial charge in [-0.1, -0.05) is 42.0 Å². The Morgan fingerprint density at radius 2 is 2.00 bits per heavy atom. The minimum absolute atomic E-state index is 0.855. The van der Waals surface area contributed by atoms with Crippen LogP contribution in [0.2, 0.25) is 0 Å². The van der Waals surface area contributed by atoms with Crippen LogP contribution in [0.5, 0.6) is 0 Å². The van der Waals surface area contributed by atoms with Crippen LogP contribution < -0.4 is 0 Å². The van der Waals surface area contributed by atoms with Gasteiger partial charge in [0.2, 0.25) is 0 Å². The summed E-state index contributed by atoms with van der Waals surface area (Å²) in [4.78, 5) is 2.32. The Morgan fingerprint density at radius 1 is 1.24 bits per heavy atom. The van der Waals surface area contributed by atoms with Gasteiger partial charge >= 0.3 is 0 Å². The lowest BCUT2D eigenvalue weighted by Crippen LogP contribution is -2.24. The molecule has 0 bridgehead atoms. The largest absolute Gasteiger partial charge is 0.309 e. The molecule has 0 N–H and O–H groups in total. The van der Waals surface area contributed by atoms with Gasteiger partial charge in [0.05, 0.1) is 0 Å². The quantitative estimate of drug-likeness (QED) is 0.761. The van der Waals surface area contributed by atoms with E-state index in [1.165, 1.54) is 37.8 Å². The van der Waals surface area contributed by atoms with Gasteiger partial charge in [-0.2, -0.15) is 0 Å². The SMILES string of the molecule is CN(C)CC1CCCC(=Cc2ccccc2)C1. The summed E-state index contributed by atoms with van der Waals surface area (Å²) in [6.07, 6.45) is 7.72. The van der Waals surface area contributed by atoms with Gasteiger partial charge < -0.3 is 4.90 Å². The summed E-state index contributed by atoms with van der Waals surface area (Å²) in [6.45, 7) is 1.23. The first-order chi connectivity index (χ1) is 8.24. The van der Waals surface area contributed by atoms with Crippen molar-refractivity contribution in [1.29, 1.82) is 0 Å². The number of benzene rings is 1. The smallest absolute Gasteiger partial charge is 0.000662 e. The van der Waals surface area contributed by atoms with Gasteiger partial charge in [0.15, 0.2) is 0 Å². The summed E-state index contributed by atoms with van der Waals surface area (Å²) in [5, 5.41) is 0. The van der Waals surface area contributed by atoms with Crippen molar-refractivity contribution < 1.29 is 0 Å². The first-order valence-electron chi connectivity index (χ1n) is 6.63.